The first-order valence-corrected chi connectivity index (χ1v) is 5.11. The quantitative estimate of drug-likeness (QED) is 0.788. The first-order valence-electron chi connectivity index (χ1n) is 5.11. The summed E-state index contributed by atoms with van der Waals surface area (Å²) in [6.07, 6.45) is 0. The van der Waals surface area contributed by atoms with Gasteiger partial charge in [0, 0.05) is 13.1 Å². The highest BCUT2D eigenvalue weighted by molar-refractivity contribution is 5.66. The summed E-state index contributed by atoms with van der Waals surface area (Å²) in [6, 6.07) is 11.4. The number of rotatable bonds is 1. The number of hydrogen-bond donors (Lipinski definition) is 1. The molecule has 0 saturated carbocycles. The molecule has 1 aromatic carbocycles. The van der Waals surface area contributed by atoms with E-state index in [1.54, 1.807) is 13.1 Å². The van der Waals surface area contributed by atoms with Gasteiger partial charge in [0.25, 0.3) is 5.56 Å². The van der Waals surface area contributed by atoms with Crippen molar-refractivity contribution < 1.29 is 0 Å². The molecule has 0 bridgehead atoms. The third-order valence-corrected chi connectivity index (χ3v) is 2.69. The third-order valence-electron chi connectivity index (χ3n) is 2.69. The Kier molecular flexibility index (Phi) is 2.52. The van der Waals surface area contributed by atoms with Gasteiger partial charge in [0.15, 0.2) is 0 Å². The van der Waals surface area contributed by atoms with E-state index in [9.17, 15) is 4.79 Å². The van der Waals surface area contributed by atoms with Crippen LogP contribution in [0.4, 0.5) is 5.82 Å². The molecule has 0 radical (unpaired) electrons. The summed E-state index contributed by atoms with van der Waals surface area (Å²) >= 11 is 0. The molecule has 82 valence electrons. The van der Waals surface area contributed by atoms with Gasteiger partial charge in [-0.15, -0.1) is 0 Å². The predicted molar refractivity (Wildman–Crippen MR) is 66.3 cm³/mol. The lowest BCUT2D eigenvalue weighted by Gasteiger charge is -2.06. The fourth-order valence-electron chi connectivity index (χ4n) is 1.57. The standard InChI is InChI=1S/C13H14N2O/c1-9-3-5-10(6-4-9)11-7-12(14)15(2)13(16)8-11/h3-8H,14H2,1-2H3. The summed E-state index contributed by atoms with van der Waals surface area (Å²) < 4.78 is 1.43. The summed E-state index contributed by atoms with van der Waals surface area (Å²) in [5, 5.41) is 0. The maximum absolute atomic E-state index is 11.6. The van der Waals surface area contributed by atoms with Crippen LogP contribution in [0.15, 0.2) is 41.2 Å². The summed E-state index contributed by atoms with van der Waals surface area (Å²) in [4.78, 5) is 11.6. The van der Waals surface area contributed by atoms with E-state index < -0.39 is 0 Å². The zero-order chi connectivity index (χ0) is 11.7. The Hall–Kier alpha value is -2.03. The molecule has 0 spiro atoms. The minimum Gasteiger partial charge on any atom is -0.385 e. The highest BCUT2D eigenvalue weighted by atomic mass is 16.1. The lowest BCUT2D eigenvalue weighted by atomic mass is 10.1. The molecule has 0 aliphatic rings. The Bertz CT molecular complexity index is 567. The van der Waals surface area contributed by atoms with Gasteiger partial charge < -0.3 is 5.73 Å². The van der Waals surface area contributed by atoms with E-state index in [4.69, 9.17) is 5.73 Å². The third kappa shape index (κ3) is 1.84. The second-order valence-electron chi connectivity index (χ2n) is 3.93. The largest absolute Gasteiger partial charge is 0.385 e. The number of hydrogen-bond acceptors (Lipinski definition) is 2. The first-order chi connectivity index (χ1) is 7.58. The SMILES string of the molecule is Cc1ccc(-c2cc(N)n(C)c(=O)c2)cc1. The molecule has 0 unspecified atom stereocenters. The van der Waals surface area contributed by atoms with Gasteiger partial charge >= 0.3 is 0 Å². The lowest BCUT2D eigenvalue weighted by molar-refractivity contribution is 0.876. The van der Waals surface area contributed by atoms with Gasteiger partial charge in [0.1, 0.15) is 5.82 Å². The van der Waals surface area contributed by atoms with Gasteiger partial charge in [-0.05, 0) is 24.1 Å². The zero-order valence-electron chi connectivity index (χ0n) is 9.40. The molecule has 3 nitrogen and oxygen atoms in total. The molecule has 3 heteroatoms. The van der Waals surface area contributed by atoms with Gasteiger partial charge in [-0.1, -0.05) is 29.8 Å². The van der Waals surface area contributed by atoms with Gasteiger partial charge in [-0.2, -0.15) is 0 Å². The Morgan fingerprint density at radius 1 is 1.06 bits per heavy atom. The van der Waals surface area contributed by atoms with Crippen LogP contribution in [0.5, 0.6) is 0 Å². The molecule has 2 rings (SSSR count). The summed E-state index contributed by atoms with van der Waals surface area (Å²) in [7, 11) is 1.66. The first kappa shape index (κ1) is 10.5. The van der Waals surface area contributed by atoms with Crippen LogP contribution in [-0.4, -0.2) is 4.57 Å². The number of aromatic nitrogens is 1. The van der Waals surface area contributed by atoms with Crippen LogP contribution >= 0.6 is 0 Å². The fraction of sp³-hybridized carbons (Fsp3) is 0.154. The second-order valence-corrected chi connectivity index (χ2v) is 3.93. The van der Waals surface area contributed by atoms with E-state index in [0.717, 1.165) is 11.1 Å². The van der Waals surface area contributed by atoms with Crippen LogP contribution in [0.1, 0.15) is 5.56 Å². The van der Waals surface area contributed by atoms with E-state index >= 15 is 0 Å². The highest BCUT2D eigenvalue weighted by Crippen LogP contribution is 2.19. The maximum atomic E-state index is 11.6. The van der Waals surface area contributed by atoms with E-state index in [-0.39, 0.29) is 5.56 Å². The van der Waals surface area contributed by atoms with Crippen LogP contribution in [0.3, 0.4) is 0 Å². The van der Waals surface area contributed by atoms with E-state index in [1.165, 1.54) is 10.1 Å². The van der Waals surface area contributed by atoms with Crippen LogP contribution in [0.25, 0.3) is 11.1 Å². The van der Waals surface area contributed by atoms with E-state index in [0.29, 0.717) is 5.82 Å². The normalized spacial score (nSPS) is 10.4. The number of aryl methyl sites for hydroxylation is 1. The highest BCUT2D eigenvalue weighted by Gasteiger charge is 2.02. The minimum absolute atomic E-state index is 0.0874. The van der Waals surface area contributed by atoms with Crippen LogP contribution in [0.2, 0.25) is 0 Å². The summed E-state index contributed by atoms with van der Waals surface area (Å²) in [5.41, 5.74) is 8.73. The van der Waals surface area contributed by atoms with E-state index in [2.05, 4.69) is 0 Å². The van der Waals surface area contributed by atoms with Crippen LogP contribution in [-0.2, 0) is 7.05 Å². The Morgan fingerprint density at radius 3 is 2.25 bits per heavy atom. The second kappa shape index (κ2) is 3.85. The monoisotopic (exact) mass is 214 g/mol. The molecular formula is C13H14N2O. The summed E-state index contributed by atoms with van der Waals surface area (Å²) in [6.45, 7) is 2.03. The molecule has 16 heavy (non-hydrogen) atoms. The van der Waals surface area contributed by atoms with Gasteiger partial charge in [0.05, 0.1) is 0 Å². The van der Waals surface area contributed by atoms with Crippen molar-refractivity contribution in [3.05, 3.63) is 52.3 Å². The number of benzene rings is 1. The maximum Gasteiger partial charge on any atom is 0.252 e. The Labute approximate surface area is 94.1 Å². The summed E-state index contributed by atoms with van der Waals surface area (Å²) in [5.74, 6) is 0.475. The number of pyridine rings is 1. The molecule has 0 amide bonds. The number of nitrogen functional groups attached to an aromatic ring is 1. The van der Waals surface area contributed by atoms with Gasteiger partial charge in [-0.25, -0.2) is 0 Å². The van der Waals surface area contributed by atoms with Crippen LogP contribution in [0, 0.1) is 6.92 Å². The Balaban J connectivity index is 2.57. The van der Waals surface area contributed by atoms with E-state index in [1.807, 2.05) is 37.3 Å². The predicted octanol–water partition coefficient (Wildman–Crippen LogP) is 1.94. The van der Waals surface area contributed by atoms with Crippen molar-refractivity contribution in [3.8, 4) is 11.1 Å². The van der Waals surface area contributed by atoms with Crippen molar-refractivity contribution >= 4 is 5.82 Å². The molecule has 2 aromatic rings. The zero-order valence-corrected chi connectivity index (χ0v) is 9.40. The van der Waals surface area contributed by atoms with Crippen molar-refractivity contribution in [1.29, 1.82) is 0 Å². The Morgan fingerprint density at radius 2 is 1.69 bits per heavy atom. The molecule has 0 atom stereocenters. The number of nitrogens with two attached hydrogens (primary N) is 1. The molecule has 0 fully saturated rings. The van der Waals surface area contributed by atoms with Gasteiger partial charge in [-0.3, -0.25) is 9.36 Å². The average Bonchev–Trinajstić information content (AvgIpc) is 2.26. The topological polar surface area (TPSA) is 48.0 Å². The smallest absolute Gasteiger partial charge is 0.252 e. The molecule has 0 saturated heterocycles. The molecular weight excluding hydrogens is 200 g/mol. The van der Waals surface area contributed by atoms with Crippen molar-refractivity contribution in [2.75, 3.05) is 5.73 Å². The molecule has 1 heterocycles. The van der Waals surface area contributed by atoms with Crippen LogP contribution < -0.4 is 11.3 Å². The molecule has 0 aliphatic heterocycles. The van der Waals surface area contributed by atoms with Crippen molar-refractivity contribution in [2.45, 2.75) is 6.92 Å². The average molecular weight is 214 g/mol. The van der Waals surface area contributed by atoms with Crippen molar-refractivity contribution in [1.82, 2.24) is 4.57 Å². The number of nitrogens with zero attached hydrogens (tertiary/aromatic N) is 1. The molecule has 2 N–H and O–H groups in total. The lowest BCUT2D eigenvalue weighted by Crippen LogP contribution is -2.18. The molecule has 0 aliphatic carbocycles. The molecule has 1 aromatic heterocycles. The van der Waals surface area contributed by atoms with Gasteiger partial charge in [0.2, 0.25) is 0 Å². The minimum atomic E-state index is -0.0874. The number of anilines is 1. The fourth-order valence-corrected chi connectivity index (χ4v) is 1.57. The van der Waals surface area contributed by atoms with Crippen molar-refractivity contribution in [2.24, 2.45) is 7.05 Å². The van der Waals surface area contributed by atoms with Crippen molar-refractivity contribution in [3.63, 3.8) is 0 Å².